The van der Waals surface area contributed by atoms with Gasteiger partial charge in [0.2, 0.25) is 0 Å². The predicted octanol–water partition coefficient (Wildman–Crippen LogP) is 3.01. The fourth-order valence-corrected chi connectivity index (χ4v) is 6.00. The van der Waals surface area contributed by atoms with E-state index in [-0.39, 0.29) is 10.7 Å². The summed E-state index contributed by atoms with van der Waals surface area (Å²) in [6.45, 7) is 3.50. The highest BCUT2D eigenvalue weighted by atomic mass is 79.9. The van der Waals surface area contributed by atoms with Crippen molar-refractivity contribution >= 4 is 53.1 Å². The van der Waals surface area contributed by atoms with Gasteiger partial charge in [0.05, 0.1) is 5.52 Å². The fraction of sp³-hybridized carbons (Fsp3) is 0.267. The molecule has 1 aromatic carbocycles. The molecule has 0 fully saturated rings. The number of nitrogens with zero attached hydrogens (tertiary/aromatic N) is 5. The van der Waals surface area contributed by atoms with Gasteiger partial charge >= 0.3 is 10.0 Å². The van der Waals surface area contributed by atoms with E-state index < -0.39 is 26.7 Å². The Morgan fingerprint density at radius 2 is 2.04 bits per heavy atom. The molecule has 3 rings (SSSR count). The number of hydrogen-bond donors (Lipinski definition) is 0. The monoisotopic (exact) mass is 461 g/mol. The smallest absolute Gasteiger partial charge is 0.244 e. The van der Waals surface area contributed by atoms with E-state index in [1.54, 1.807) is 6.92 Å². The highest BCUT2D eigenvalue weighted by molar-refractivity contribution is 9.10. The van der Waals surface area contributed by atoms with E-state index in [2.05, 4.69) is 26.0 Å². The first-order chi connectivity index (χ1) is 12.2. The molecule has 7 nitrogen and oxygen atoms in total. The van der Waals surface area contributed by atoms with Crippen LogP contribution < -0.4 is 0 Å². The number of fused-ring (bicyclic) bond motifs is 1. The summed E-state index contributed by atoms with van der Waals surface area (Å²) in [5, 5.41) is 6.32. The molecule has 26 heavy (non-hydrogen) atoms. The van der Waals surface area contributed by atoms with Crippen molar-refractivity contribution in [3.63, 3.8) is 0 Å². The van der Waals surface area contributed by atoms with Crippen molar-refractivity contribution in [1.29, 1.82) is 0 Å². The minimum Gasteiger partial charge on any atom is -0.244 e. The molecule has 0 spiro atoms. The first kappa shape index (κ1) is 19.2. The number of aromatic nitrogens is 4. The number of benzene rings is 1. The largest absolute Gasteiger partial charge is 0.305 e. The van der Waals surface area contributed by atoms with Gasteiger partial charge in [-0.2, -0.15) is 12.5 Å². The molecule has 0 N–H and O–H groups in total. The molecule has 0 radical (unpaired) electrons. The Morgan fingerprint density at radius 1 is 1.35 bits per heavy atom. The molecular formula is C15H17BrFN5O2S2. The lowest BCUT2D eigenvalue weighted by atomic mass is 10.2. The Hall–Kier alpha value is -1.56. The van der Waals surface area contributed by atoms with Crippen molar-refractivity contribution in [2.24, 2.45) is 0 Å². The summed E-state index contributed by atoms with van der Waals surface area (Å²) < 4.78 is 45.1. The molecule has 2 heterocycles. The van der Waals surface area contributed by atoms with Crippen LogP contribution in [0.1, 0.15) is 12.6 Å². The Balaban J connectivity index is 2.22. The van der Waals surface area contributed by atoms with E-state index in [4.69, 9.17) is 0 Å². The van der Waals surface area contributed by atoms with Crippen LogP contribution in [-0.2, 0) is 10.0 Å². The van der Waals surface area contributed by atoms with E-state index >= 15 is 0 Å². The number of hydrogen-bond acceptors (Lipinski definition) is 5. The van der Waals surface area contributed by atoms with Gasteiger partial charge in [-0.3, -0.25) is 0 Å². The van der Waals surface area contributed by atoms with Crippen molar-refractivity contribution < 1.29 is 12.8 Å². The van der Waals surface area contributed by atoms with Crippen LogP contribution in [-0.4, -0.2) is 50.3 Å². The Bertz CT molecular complexity index is 1130. The molecule has 0 aliphatic heterocycles. The zero-order valence-corrected chi connectivity index (χ0v) is 17.7. The third kappa shape index (κ3) is 3.02. The maximum Gasteiger partial charge on any atom is 0.305 e. The first-order valence-electron chi connectivity index (χ1n) is 7.52. The lowest BCUT2D eigenvalue weighted by molar-refractivity contribution is 0.578. The average Bonchev–Trinajstić information content (AvgIpc) is 3.13. The summed E-state index contributed by atoms with van der Waals surface area (Å²) in [5.41, 5.74) is 0.662. The van der Waals surface area contributed by atoms with Crippen molar-refractivity contribution in [1.82, 2.24) is 22.4 Å². The van der Waals surface area contributed by atoms with E-state index in [0.717, 1.165) is 3.97 Å². The topological polar surface area (TPSA) is 73.0 Å². The van der Waals surface area contributed by atoms with Crippen LogP contribution >= 0.6 is 26.8 Å². The van der Waals surface area contributed by atoms with E-state index in [0.29, 0.717) is 15.6 Å². The summed E-state index contributed by atoms with van der Waals surface area (Å²) >= 11 is 3.39. The van der Waals surface area contributed by atoms with Gasteiger partial charge < -0.3 is 0 Å². The first-order valence-corrected chi connectivity index (χ1v) is 11.0. The fourth-order valence-electron chi connectivity index (χ4n) is 2.64. The minimum atomic E-state index is -4.09. The summed E-state index contributed by atoms with van der Waals surface area (Å²) in [6, 6.07) is 4.01. The molecule has 11 heteroatoms. The summed E-state index contributed by atoms with van der Waals surface area (Å²) in [7, 11) is -0.902. The van der Waals surface area contributed by atoms with Crippen LogP contribution in [0, 0.1) is 12.7 Å². The van der Waals surface area contributed by atoms with Crippen LogP contribution in [0.2, 0.25) is 0 Å². The third-order valence-corrected chi connectivity index (χ3v) is 8.07. The molecule has 0 aliphatic carbocycles. The second kappa shape index (κ2) is 6.87. The van der Waals surface area contributed by atoms with Crippen molar-refractivity contribution in [3.8, 4) is 0 Å². The van der Waals surface area contributed by atoms with Crippen LogP contribution in [0.5, 0.6) is 0 Å². The maximum absolute atomic E-state index is 13.7. The van der Waals surface area contributed by atoms with Crippen LogP contribution in [0.3, 0.4) is 0 Å². The van der Waals surface area contributed by atoms with Gasteiger partial charge in [0.1, 0.15) is 12.1 Å². The molecule has 0 saturated heterocycles. The Labute approximate surface area is 161 Å². The van der Waals surface area contributed by atoms with Gasteiger partial charge in [-0.25, -0.2) is 17.7 Å². The molecule has 140 valence electrons. The van der Waals surface area contributed by atoms with Crippen LogP contribution in [0.25, 0.3) is 10.9 Å². The number of halogens is 2. The molecule has 1 atom stereocenters. The molecule has 0 amide bonds. The highest BCUT2D eigenvalue weighted by Gasteiger charge is 2.28. The Morgan fingerprint density at radius 3 is 2.65 bits per heavy atom. The van der Waals surface area contributed by atoms with Gasteiger partial charge in [-0.1, -0.05) is 0 Å². The van der Waals surface area contributed by atoms with Crippen molar-refractivity contribution in [2.75, 3.05) is 14.1 Å². The van der Waals surface area contributed by atoms with Crippen LogP contribution in [0.4, 0.5) is 4.39 Å². The normalized spacial score (nSPS) is 13.8. The molecule has 0 saturated carbocycles. The van der Waals surface area contributed by atoms with E-state index in [9.17, 15) is 12.8 Å². The van der Waals surface area contributed by atoms with Gasteiger partial charge in [0, 0.05) is 15.6 Å². The quantitative estimate of drug-likeness (QED) is 0.558. The molecule has 1 unspecified atom stereocenters. The summed E-state index contributed by atoms with van der Waals surface area (Å²) in [4.78, 5) is 3.99. The molecule has 0 bridgehead atoms. The minimum absolute atomic E-state index is 0.236. The highest BCUT2D eigenvalue weighted by Crippen LogP contribution is 2.33. The standard InChI is InChI=1S/C15H17BrFN5O2S2/c1-5-25(20(3)4)21-9-18-15(19-21)26(23,24)22-10(2)14(16)12-7-6-11(17)8-13(12)22/h5-9H,1-4H3. The molecular weight excluding hydrogens is 445 g/mol. The molecule has 0 aliphatic rings. The maximum atomic E-state index is 13.7. The lowest BCUT2D eigenvalue weighted by Gasteiger charge is -2.15. The summed E-state index contributed by atoms with van der Waals surface area (Å²) in [6.07, 6.45) is 1.38. The van der Waals surface area contributed by atoms with Gasteiger partial charge in [-0.05, 0) is 78.3 Å². The average molecular weight is 462 g/mol. The molecule has 3 aromatic rings. The SMILES string of the molecule is C/C=S(/N(C)C)n1cnc(S(=O)(=O)n2c(C)c(Br)c3ccc(F)cc32)n1. The van der Waals surface area contributed by atoms with Crippen LogP contribution in [0.15, 0.2) is 34.2 Å². The van der Waals surface area contributed by atoms with Crippen molar-refractivity contribution in [3.05, 3.63) is 40.5 Å². The van der Waals surface area contributed by atoms with E-state index in [1.165, 1.54) is 28.6 Å². The zero-order valence-electron chi connectivity index (χ0n) is 14.5. The van der Waals surface area contributed by atoms with Gasteiger partial charge in [0.25, 0.3) is 5.16 Å². The van der Waals surface area contributed by atoms with E-state index in [1.807, 2.05) is 30.7 Å². The predicted molar refractivity (Wildman–Crippen MR) is 105 cm³/mol. The lowest BCUT2D eigenvalue weighted by Crippen LogP contribution is -2.17. The number of rotatable bonds is 4. The van der Waals surface area contributed by atoms with Gasteiger partial charge in [0.15, 0.2) is 0 Å². The van der Waals surface area contributed by atoms with Gasteiger partial charge in [-0.15, -0.1) is 5.10 Å². The summed E-state index contributed by atoms with van der Waals surface area (Å²) in [5.74, 6) is -0.521. The zero-order chi connectivity index (χ0) is 19.2. The van der Waals surface area contributed by atoms with Crippen molar-refractivity contribution in [2.45, 2.75) is 19.0 Å². The second-order valence-corrected chi connectivity index (χ2v) is 10.2. The second-order valence-electron chi connectivity index (χ2n) is 5.60. The molecule has 2 aromatic heterocycles. The third-order valence-electron chi connectivity index (χ3n) is 3.74. The Kier molecular flexibility index (Phi) is 5.08.